The molecule has 0 aliphatic heterocycles. The number of carbonyl (C=O) groups excluding carboxylic acids is 2. The highest BCUT2D eigenvalue weighted by atomic mass is 35.5. The monoisotopic (exact) mass is 432 g/mol. The minimum atomic E-state index is -0.602. The molecule has 1 atom stereocenters. The molecule has 0 radical (unpaired) electrons. The molecule has 0 aliphatic rings. The molecule has 2 aromatic rings. The smallest absolute Gasteiger partial charge is 0.242 e. The van der Waals surface area contributed by atoms with Crippen LogP contribution < -0.4 is 5.32 Å². The summed E-state index contributed by atoms with van der Waals surface area (Å²) < 4.78 is 0. The van der Waals surface area contributed by atoms with Gasteiger partial charge in [0.05, 0.1) is 5.75 Å². The molecule has 0 aromatic heterocycles. The van der Waals surface area contributed by atoms with Crippen LogP contribution in [-0.2, 0) is 21.9 Å². The zero-order chi connectivity index (χ0) is 21.4. The lowest BCUT2D eigenvalue weighted by molar-refractivity contribution is -0.139. The van der Waals surface area contributed by atoms with Crippen LogP contribution in [0.25, 0.3) is 0 Å². The van der Waals surface area contributed by atoms with Gasteiger partial charge in [-0.15, -0.1) is 11.8 Å². The zero-order valence-corrected chi connectivity index (χ0v) is 19.0. The topological polar surface area (TPSA) is 49.4 Å². The van der Waals surface area contributed by atoms with Crippen LogP contribution in [0.3, 0.4) is 0 Å². The average Bonchev–Trinajstić information content (AvgIpc) is 2.66. The van der Waals surface area contributed by atoms with Crippen molar-refractivity contribution >= 4 is 35.2 Å². The summed E-state index contributed by atoms with van der Waals surface area (Å²) in [6, 6.07) is 16.8. The maximum atomic E-state index is 13.0. The molecule has 2 amide bonds. The number of benzene rings is 2. The van der Waals surface area contributed by atoms with Crippen molar-refractivity contribution in [1.82, 2.24) is 10.2 Å². The van der Waals surface area contributed by atoms with Crippen LogP contribution in [0.4, 0.5) is 0 Å². The SMILES string of the molecule is C[C@@H](C(=O)NC(C)(C)C)N(Cc1ccccc1Cl)C(=O)CSCc1ccccc1. The molecule has 2 aromatic carbocycles. The number of carbonyl (C=O) groups is 2. The van der Waals surface area contributed by atoms with Crippen LogP contribution in [0.15, 0.2) is 54.6 Å². The molecule has 0 saturated carbocycles. The van der Waals surface area contributed by atoms with Crippen molar-refractivity contribution in [3.8, 4) is 0 Å². The Morgan fingerprint density at radius 2 is 1.69 bits per heavy atom. The number of nitrogens with zero attached hydrogens (tertiary/aromatic N) is 1. The lowest BCUT2D eigenvalue weighted by Crippen LogP contribution is -2.52. The van der Waals surface area contributed by atoms with E-state index in [1.165, 1.54) is 5.56 Å². The summed E-state index contributed by atoms with van der Waals surface area (Å²) >= 11 is 7.85. The third kappa shape index (κ3) is 7.75. The fourth-order valence-corrected chi connectivity index (χ4v) is 3.85. The molecule has 0 fully saturated rings. The van der Waals surface area contributed by atoms with Crippen LogP contribution in [-0.4, -0.2) is 34.0 Å². The van der Waals surface area contributed by atoms with Gasteiger partial charge in [-0.2, -0.15) is 0 Å². The van der Waals surface area contributed by atoms with E-state index in [0.717, 1.165) is 11.3 Å². The normalized spacial score (nSPS) is 12.3. The Morgan fingerprint density at radius 3 is 2.31 bits per heavy atom. The number of amides is 2. The summed E-state index contributed by atoms with van der Waals surface area (Å²) in [7, 11) is 0. The third-order valence-corrected chi connectivity index (χ3v) is 5.66. The quantitative estimate of drug-likeness (QED) is 0.645. The molecule has 4 nitrogen and oxygen atoms in total. The van der Waals surface area contributed by atoms with E-state index in [-0.39, 0.29) is 17.4 Å². The molecular formula is C23H29ClN2O2S. The first-order valence-electron chi connectivity index (χ1n) is 9.64. The van der Waals surface area contributed by atoms with Crippen molar-refractivity contribution in [3.05, 3.63) is 70.7 Å². The van der Waals surface area contributed by atoms with E-state index in [2.05, 4.69) is 5.32 Å². The average molecular weight is 433 g/mol. The van der Waals surface area contributed by atoms with E-state index in [0.29, 0.717) is 17.3 Å². The zero-order valence-electron chi connectivity index (χ0n) is 17.4. The second kappa shape index (κ2) is 10.7. The Morgan fingerprint density at radius 1 is 1.07 bits per heavy atom. The second-order valence-electron chi connectivity index (χ2n) is 8.01. The van der Waals surface area contributed by atoms with Crippen molar-refractivity contribution in [2.45, 2.75) is 51.6 Å². The van der Waals surface area contributed by atoms with Gasteiger partial charge in [0.2, 0.25) is 11.8 Å². The highest BCUT2D eigenvalue weighted by molar-refractivity contribution is 7.99. The molecule has 1 N–H and O–H groups in total. The lowest BCUT2D eigenvalue weighted by atomic mass is 10.1. The minimum Gasteiger partial charge on any atom is -0.350 e. The molecule has 0 saturated heterocycles. The van der Waals surface area contributed by atoms with Crippen LogP contribution in [0, 0.1) is 0 Å². The molecule has 2 rings (SSSR count). The van der Waals surface area contributed by atoms with E-state index in [9.17, 15) is 9.59 Å². The van der Waals surface area contributed by atoms with Crippen LogP contribution in [0.1, 0.15) is 38.8 Å². The first-order valence-corrected chi connectivity index (χ1v) is 11.2. The molecule has 29 heavy (non-hydrogen) atoms. The van der Waals surface area contributed by atoms with Gasteiger partial charge in [0.1, 0.15) is 6.04 Å². The van der Waals surface area contributed by atoms with Gasteiger partial charge >= 0.3 is 0 Å². The van der Waals surface area contributed by atoms with Gasteiger partial charge in [0.25, 0.3) is 0 Å². The maximum Gasteiger partial charge on any atom is 0.242 e. The van der Waals surface area contributed by atoms with Crippen molar-refractivity contribution in [3.63, 3.8) is 0 Å². The van der Waals surface area contributed by atoms with Gasteiger partial charge in [-0.25, -0.2) is 0 Å². The number of nitrogens with one attached hydrogen (secondary N) is 1. The van der Waals surface area contributed by atoms with Gasteiger partial charge in [0, 0.05) is 22.9 Å². The molecule has 0 heterocycles. The lowest BCUT2D eigenvalue weighted by Gasteiger charge is -2.31. The highest BCUT2D eigenvalue weighted by Gasteiger charge is 2.28. The first-order chi connectivity index (χ1) is 13.7. The summed E-state index contributed by atoms with van der Waals surface area (Å²) in [6.45, 7) is 7.83. The molecule has 0 unspecified atom stereocenters. The Labute approximate surface area is 183 Å². The highest BCUT2D eigenvalue weighted by Crippen LogP contribution is 2.20. The molecule has 6 heteroatoms. The Balaban J connectivity index is 2.11. The van der Waals surface area contributed by atoms with Gasteiger partial charge in [-0.3, -0.25) is 9.59 Å². The van der Waals surface area contributed by atoms with Crippen LogP contribution in [0.5, 0.6) is 0 Å². The number of hydrogen-bond donors (Lipinski definition) is 1. The summed E-state index contributed by atoms with van der Waals surface area (Å²) in [4.78, 5) is 27.4. The van der Waals surface area contributed by atoms with E-state index >= 15 is 0 Å². The number of rotatable bonds is 8. The van der Waals surface area contributed by atoms with Gasteiger partial charge < -0.3 is 10.2 Å². The van der Waals surface area contributed by atoms with E-state index in [1.54, 1.807) is 29.7 Å². The van der Waals surface area contributed by atoms with Gasteiger partial charge in [-0.05, 0) is 44.9 Å². The molecule has 0 bridgehead atoms. The molecule has 156 valence electrons. The Kier molecular flexibility index (Phi) is 8.60. The second-order valence-corrected chi connectivity index (χ2v) is 9.40. The number of halogens is 1. The number of thioether (sulfide) groups is 1. The molecule has 0 spiro atoms. The van der Waals surface area contributed by atoms with Crippen LogP contribution >= 0.6 is 23.4 Å². The minimum absolute atomic E-state index is 0.0811. The summed E-state index contributed by atoms with van der Waals surface area (Å²) in [5.41, 5.74) is 1.62. The molecular weight excluding hydrogens is 404 g/mol. The summed E-state index contributed by atoms with van der Waals surface area (Å²) in [5.74, 6) is 0.787. The Hall–Kier alpha value is -1.98. The van der Waals surface area contributed by atoms with Gasteiger partial charge in [0.15, 0.2) is 0 Å². The number of hydrogen-bond acceptors (Lipinski definition) is 3. The summed E-state index contributed by atoms with van der Waals surface area (Å²) in [5, 5.41) is 3.55. The van der Waals surface area contributed by atoms with Gasteiger partial charge in [-0.1, -0.05) is 60.1 Å². The Bertz CT molecular complexity index is 821. The third-order valence-electron chi connectivity index (χ3n) is 4.30. The van der Waals surface area contributed by atoms with Crippen molar-refractivity contribution in [2.75, 3.05) is 5.75 Å². The predicted octanol–water partition coefficient (Wildman–Crippen LogP) is 4.91. The van der Waals surface area contributed by atoms with Crippen molar-refractivity contribution in [1.29, 1.82) is 0 Å². The molecule has 0 aliphatic carbocycles. The maximum absolute atomic E-state index is 13.0. The van der Waals surface area contributed by atoms with E-state index < -0.39 is 6.04 Å². The predicted molar refractivity (Wildman–Crippen MR) is 122 cm³/mol. The standard InChI is InChI=1S/C23H29ClN2O2S/c1-17(22(28)25-23(2,3)4)26(14-19-12-8-9-13-20(19)24)21(27)16-29-15-18-10-6-5-7-11-18/h5-13,17H,14-16H2,1-4H3,(H,25,28)/t17-/m0/s1. The fraction of sp³-hybridized carbons (Fsp3) is 0.391. The van der Waals surface area contributed by atoms with Crippen LogP contribution in [0.2, 0.25) is 5.02 Å². The largest absolute Gasteiger partial charge is 0.350 e. The fourth-order valence-electron chi connectivity index (χ4n) is 2.78. The van der Waals surface area contributed by atoms with Crippen molar-refractivity contribution < 1.29 is 9.59 Å². The van der Waals surface area contributed by atoms with Crippen molar-refractivity contribution in [2.24, 2.45) is 0 Å². The first kappa shape index (κ1) is 23.3. The van der Waals surface area contributed by atoms with E-state index in [4.69, 9.17) is 11.6 Å². The van der Waals surface area contributed by atoms with E-state index in [1.807, 2.05) is 69.3 Å². The summed E-state index contributed by atoms with van der Waals surface area (Å²) in [6.07, 6.45) is 0.